The molecular formula is C18H15N2O5P. The van der Waals surface area contributed by atoms with Gasteiger partial charge in [-0.1, -0.05) is 18.2 Å². The number of para-hydroxylation sites is 1. The first kappa shape index (κ1) is 16.8. The number of nitrogens with one attached hydrogen (secondary N) is 1. The molecule has 0 spiro atoms. The minimum absolute atomic E-state index is 0.0264. The molecule has 2 aromatic carbocycles. The Balaban J connectivity index is 1.82. The SMILES string of the molecule is O=P(O)(O)Oc1ccc2c(c1)C(=Cc1ccnc3ccccc13)C(O)N2. The largest absolute Gasteiger partial charge is 0.524 e. The number of nitrogens with zero attached hydrogens (tertiary/aromatic N) is 1. The maximum absolute atomic E-state index is 11.1. The number of phosphoric ester groups is 1. The topological polar surface area (TPSA) is 112 Å². The van der Waals surface area contributed by atoms with E-state index in [0.717, 1.165) is 16.5 Å². The van der Waals surface area contributed by atoms with Crippen LogP contribution in [0.5, 0.6) is 5.75 Å². The van der Waals surface area contributed by atoms with Gasteiger partial charge in [-0.15, -0.1) is 0 Å². The molecule has 2 heterocycles. The van der Waals surface area contributed by atoms with Crippen molar-refractivity contribution < 1.29 is 24.0 Å². The van der Waals surface area contributed by atoms with Crippen molar-refractivity contribution in [3.63, 3.8) is 0 Å². The van der Waals surface area contributed by atoms with Gasteiger partial charge in [-0.05, 0) is 42.0 Å². The van der Waals surface area contributed by atoms with E-state index in [0.29, 0.717) is 16.8 Å². The van der Waals surface area contributed by atoms with Crippen LogP contribution in [0.2, 0.25) is 0 Å². The van der Waals surface area contributed by atoms with Crippen molar-refractivity contribution in [1.82, 2.24) is 4.98 Å². The van der Waals surface area contributed by atoms with E-state index in [4.69, 9.17) is 9.79 Å². The lowest BCUT2D eigenvalue weighted by molar-refractivity contribution is 0.266. The first-order chi connectivity index (χ1) is 12.4. The first-order valence-electron chi connectivity index (χ1n) is 7.80. The van der Waals surface area contributed by atoms with Crippen LogP contribution in [-0.2, 0) is 4.57 Å². The number of rotatable bonds is 3. The first-order valence-corrected chi connectivity index (χ1v) is 9.33. The molecule has 132 valence electrons. The third-order valence-electron chi connectivity index (χ3n) is 4.11. The van der Waals surface area contributed by atoms with Crippen molar-refractivity contribution in [3.05, 3.63) is 65.9 Å². The van der Waals surface area contributed by atoms with Gasteiger partial charge in [-0.25, -0.2) is 4.57 Å². The van der Waals surface area contributed by atoms with Crippen LogP contribution < -0.4 is 9.84 Å². The van der Waals surface area contributed by atoms with E-state index in [1.165, 1.54) is 12.1 Å². The highest BCUT2D eigenvalue weighted by Gasteiger charge is 2.26. The van der Waals surface area contributed by atoms with Crippen LogP contribution in [0.25, 0.3) is 22.6 Å². The van der Waals surface area contributed by atoms with Gasteiger partial charge in [-0.3, -0.25) is 14.8 Å². The molecule has 0 aliphatic carbocycles. The molecule has 0 bridgehead atoms. The van der Waals surface area contributed by atoms with Gasteiger partial charge in [0.15, 0.2) is 6.23 Å². The number of fused-ring (bicyclic) bond motifs is 2. The van der Waals surface area contributed by atoms with E-state index in [2.05, 4.69) is 14.8 Å². The normalized spacial score (nSPS) is 18.0. The van der Waals surface area contributed by atoms with E-state index in [1.54, 1.807) is 12.3 Å². The van der Waals surface area contributed by atoms with Crippen LogP contribution in [0.15, 0.2) is 54.7 Å². The van der Waals surface area contributed by atoms with Gasteiger partial charge in [0, 0.05) is 28.4 Å². The molecule has 0 radical (unpaired) electrons. The second-order valence-electron chi connectivity index (χ2n) is 5.85. The second-order valence-corrected chi connectivity index (χ2v) is 7.02. The lowest BCUT2D eigenvalue weighted by Gasteiger charge is -2.09. The van der Waals surface area contributed by atoms with Crippen molar-refractivity contribution in [2.45, 2.75) is 6.23 Å². The number of hydrogen-bond acceptors (Lipinski definition) is 5. The fourth-order valence-corrected chi connectivity index (χ4v) is 3.41. The molecule has 0 amide bonds. The molecule has 3 aromatic rings. The summed E-state index contributed by atoms with van der Waals surface area (Å²) in [5.74, 6) is 0.0264. The molecule has 1 unspecified atom stereocenters. The lowest BCUT2D eigenvalue weighted by atomic mass is 10.0. The van der Waals surface area contributed by atoms with E-state index in [9.17, 15) is 9.67 Å². The Morgan fingerprint density at radius 3 is 2.77 bits per heavy atom. The van der Waals surface area contributed by atoms with E-state index in [-0.39, 0.29) is 5.75 Å². The zero-order valence-electron chi connectivity index (χ0n) is 13.4. The van der Waals surface area contributed by atoms with Gasteiger partial charge in [-0.2, -0.15) is 0 Å². The molecule has 26 heavy (non-hydrogen) atoms. The van der Waals surface area contributed by atoms with E-state index >= 15 is 0 Å². The summed E-state index contributed by atoms with van der Waals surface area (Å²) < 4.78 is 15.7. The number of phosphoric acid groups is 1. The highest BCUT2D eigenvalue weighted by Crippen LogP contribution is 2.42. The van der Waals surface area contributed by atoms with Crippen molar-refractivity contribution in [2.75, 3.05) is 5.32 Å². The number of aromatic nitrogens is 1. The van der Waals surface area contributed by atoms with Gasteiger partial charge in [0.1, 0.15) is 5.75 Å². The quantitative estimate of drug-likeness (QED) is 0.524. The molecule has 8 heteroatoms. The van der Waals surface area contributed by atoms with Crippen molar-refractivity contribution in [1.29, 1.82) is 0 Å². The van der Waals surface area contributed by atoms with Gasteiger partial charge in [0.05, 0.1) is 5.52 Å². The fourth-order valence-electron chi connectivity index (χ4n) is 3.02. The lowest BCUT2D eigenvalue weighted by Crippen LogP contribution is -2.12. The highest BCUT2D eigenvalue weighted by atomic mass is 31.2. The Kier molecular flexibility index (Phi) is 4.01. The summed E-state index contributed by atoms with van der Waals surface area (Å²) in [5.41, 5.74) is 3.55. The monoisotopic (exact) mass is 370 g/mol. The Labute approximate surface area is 148 Å². The summed E-state index contributed by atoms with van der Waals surface area (Å²) >= 11 is 0. The number of hydrogen-bond donors (Lipinski definition) is 4. The summed E-state index contributed by atoms with van der Waals surface area (Å²) in [6.07, 6.45) is 2.58. The summed E-state index contributed by atoms with van der Waals surface area (Å²) in [6.45, 7) is 0. The summed E-state index contributed by atoms with van der Waals surface area (Å²) in [7, 11) is -4.66. The summed E-state index contributed by atoms with van der Waals surface area (Å²) in [5, 5.41) is 14.2. The minimum Gasteiger partial charge on any atom is -0.404 e. The van der Waals surface area contributed by atoms with Crippen LogP contribution in [0, 0.1) is 0 Å². The molecule has 1 atom stereocenters. The van der Waals surface area contributed by atoms with Crippen LogP contribution >= 0.6 is 7.82 Å². The Hall–Kier alpha value is -2.70. The zero-order chi connectivity index (χ0) is 18.3. The van der Waals surface area contributed by atoms with Crippen LogP contribution in [-0.4, -0.2) is 26.1 Å². The van der Waals surface area contributed by atoms with Crippen LogP contribution in [0.1, 0.15) is 11.1 Å². The maximum Gasteiger partial charge on any atom is 0.524 e. The third-order valence-corrected chi connectivity index (χ3v) is 4.56. The summed E-state index contributed by atoms with van der Waals surface area (Å²) in [6, 6.07) is 14.0. The number of benzene rings is 2. The van der Waals surface area contributed by atoms with Gasteiger partial charge in [0.25, 0.3) is 0 Å². The molecule has 0 saturated carbocycles. The zero-order valence-corrected chi connectivity index (χ0v) is 14.3. The second kappa shape index (κ2) is 6.23. The molecule has 0 fully saturated rings. The van der Waals surface area contributed by atoms with Crippen molar-refractivity contribution in [3.8, 4) is 5.75 Å². The molecule has 1 aromatic heterocycles. The molecule has 4 N–H and O–H groups in total. The predicted octanol–water partition coefficient (Wildman–Crippen LogP) is 2.99. The van der Waals surface area contributed by atoms with E-state index in [1.807, 2.05) is 36.4 Å². The number of pyridine rings is 1. The molecular weight excluding hydrogens is 355 g/mol. The van der Waals surface area contributed by atoms with Crippen molar-refractivity contribution >= 4 is 36.1 Å². The molecule has 7 nitrogen and oxygen atoms in total. The number of aliphatic hydroxyl groups excluding tert-OH is 1. The molecule has 1 aliphatic heterocycles. The predicted molar refractivity (Wildman–Crippen MR) is 98.4 cm³/mol. The van der Waals surface area contributed by atoms with Crippen LogP contribution in [0.4, 0.5) is 5.69 Å². The Morgan fingerprint density at radius 2 is 1.96 bits per heavy atom. The Morgan fingerprint density at radius 1 is 1.15 bits per heavy atom. The van der Waals surface area contributed by atoms with Gasteiger partial charge in [0.2, 0.25) is 0 Å². The van der Waals surface area contributed by atoms with Crippen LogP contribution in [0.3, 0.4) is 0 Å². The fraction of sp³-hybridized carbons (Fsp3) is 0.0556. The van der Waals surface area contributed by atoms with Gasteiger partial charge < -0.3 is 14.9 Å². The average Bonchev–Trinajstić information content (AvgIpc) is 2.89. The Bertz CT molecular complexity index is 1070. The number of anilines is 1. The highest BCUT2D eigenvalue weighted by molar-refractivity contribution is 7.46. The van der Waals surface area contributed by atoms with Gasteiger partial charge >= 0.3 is 7.82 Å². The smallest absolute Gasteiger partial charge is 0.404 e. The molecule has 1 aliphatic rings. The minimum atomic E-state index is -4.66. The van der Waals surface area contributed by atoms with Crippen molar-refractivity contribution in [2.24, 2.45) is 0 Å². The van der Waals surface area contributed by atoms with E-state index < -0.39 is 14.1 Å². The standard InChI is InChI=1S/C18H15N2O5P/c21-18-15(9-11-7-8-19-16-4-2-1-3-13(11)16)14-10-12(25-26(22,23)24)5-6-17(14)20-18/h1-10,18,20-21H,(H2,22,23,24). The number of aliphatic hydroxyl groups is 1. The molecule has 4 rings (SSSR count). The maximum atomic E-state index is 11.1. The molecule has 0 saturated heterocycles. The average molecular weight is 370 g/mol. The third kappa shape index (κ3) is 3.21. The summed E-state index contributed by atoms with van der Waals surface area (Å²) in [4.78, 5) is 22.3.